The molecule has 6 rings (SSSR count). The van der Waals surface area contributed by atoms with E-state index < -0.39 is 24.7 Å². The molecule has 0 aromatic heterocycles. The van der Waals surface area contributed by atoms with Crippen molar-refractivity contribution in [2.24, 2.45) is 0 Å². The fraction of sp³-hybridized carbons (Fsp3) is 1.00. The van der Waals surface area contributed by atoms with Crippen LogP contribution in [-0.4, -0.2) is 478 Å². The minimum Gasteiger partial charge on any atom is -0.382 e. The zero-order chi connectivity index (χ0) is 84.9. The molecule has 0 aliphatic carbocycles. The molecule has 0 radical (unpaired) electrons. The number of methoxy groups -OCH3 is 33. The van der Waals surface area contributed by atoms with E-state index in [9.17, 15) is 0 Å². The summed E-state index contributed by atoms with van der Waals surface area (Å²) < 4.78 is 208. The predicted molar refractivity (Wildman–Crippen MR) is 399 cm³/mol. The second kappa shape index (κ2) is 65.2. The molecule has 6 aliphatic rings. The summed E-state index contributed by atoms with van der Waals surface area (Å²) in [6.07, 6.45) is -6.82. The van der Waals surface area contributed by atoms with Gasteiger partial charge < -0.3 is 185 Å². The van der Waals surface area contributed by atoms with Crippen LogP contribution >= 0.6 is 0 Å². The van der Waals surface area contributed by atoms with Gasteiger partial charge >= 0.3 is 0 Å². The number of hydrogen-bond donors (Lipinski definition) is 0. The van der Waals surface area contributed by atoms with Crippen LogP contribution in [-0.2, 0) is 185 Å². The Morgan fingerprint density at radius 2 is 0.536 bits per heavy atom. The van der Waals surface area contributed by atoms with Crippen molar-refractivity contribution in [2.75, 3.05) is 294 Å². The Labute approximate surface area is 666 Å². The van der Waals surface area contributed by atoms with Crippen molar-refractivity contribution >= 4 is 0 Å². The van der Waals surface area contributed by atoms with Crippen LogP contribution < -0.4 is 0 Å². The summed E-state index contributed by atoms with van der Waals surface area (Å²) in [6, 6.07) is 0. The molecule has 39 nitrogen and oxygen atoms in total. The molecule has 112 heavy (non-hydrogen) atoms. The third-order valence-electron chi connectivity index (χ3n) is 19.2. The van der Waals surface area contributed by atoms with Crippen LogP contribution in [0.2, 0.25) is 0 Å². The van der Waals surface area contributed by atoms with Crippen molar-refractivity contribution in [1.82, 2.24) is 0 Å². The molecule has 0 aromatic rings. The zero-order valence-electron chi connectivity index (χ0n) is 73.2. The van der Waals surface area contributed by atoms with Crippen LogP contribution in [0.3, 0.4) is 0 Å². The van der Waals surface area contributed by atoms with Crippen molar-refractivity contribution in [3.63, 3.8) is 0 Å². The van der Waals surface area contributed by atoms with Crippen molar-refractivity contribution in [3.8, 4) is 0 Å². The first-order valence-corrected chi connectivity index (χ1v) is 36.2. The molecular weight excluding hydrogens is 1500 g/mol. The van der Waals surface area contributed by atoms with Gasteiger partial charge in [-0.2, -0.15) is 0 Å². The molecule has 0 N–H and O–H groups in total. The Kier molecular flexibility index (Phi) is 64.3. The van der Waals surface area contributed by atoms with Gasteiger partial charge in [-0.3, -0.25) is 0 Å². The summed E-state index contributed by atoms with van der Waals surface area (Å²) >= 11 is 0. The maximum absolute atomic E-state index is 5.86. The van der Waals surface area contributed by atoms with Gasteiger partial charge in [-0.15, -0.1) is 0 Å². The smallest absolute Gasteiger partial charge is 0.221 e. The molecule has 6 aliphatic heterocycles. The third kappa shape index (κ3) is 33.1. The second-order valence-electron chi connectivity index (χ2n) is 25.2. The molecule has 9 unspecified atom stereocenters. The van der Waals surface area contributed by atoms with Gasteiger partial charge in [0.15, 0.2) is 31.5 Å². The van der Waals surface area contributed by atoms with Gasteiger partial charge in [0.2, 0.25) is 5.79 Å². The summed E-state index contributed by atoms with van der Waals surface area (Å²) in [5.41, 5.74) is 0. The van der Waals surface area contributed by atoms with Gasteiger partial charge in [-0.1, -0.05) is 0 Å². The molecule has 39 heteroatoms. The summed E-state index contributed by atoms with van der Waals surface area (Å²) in [5.74, 6) is -0.951. The lowest BCUT2D eigenvalue weighted by Gasteiger charge is -2.44. The van der Waals surface area contributed by atoms with E-state index in [2.05, 4.69) is 0 Å². The van der Waals surface area contributed by atoms with E-state index in [-0.39, 0.29) is 166 Å². The van der Waals surface area contributed by atoms with Crippen molar-refractivity contribution in [3.05, 3.63) is 0 Å². The average Bonchev–Trinajstić information content (AvgIpc) is 1.63. The van der Waals surface area contributed by atoms with E-state index in [4.69, 9.17) is 185 Å². The topological polar surface area (TPSA) is 360 Å². The molecule has 6 fully saturated rings. The first kappa shape index (κ1) is 110. The van der Waals surface area contributed by atoms with Gasteiger partial charge in [0, 0.05) is 241 Å². The standard InChI is InChI=1S/C12H26O6.4C11H22O6.C9H18O5.C8H16O4/c1-13-7-9(15-3)11(17-5)12(18-6)10(16-4)8-14-2;1-12-6-8-9(14-3)10(15-4)11(16-5,17-8)7-13-2;3*1-12-6-7-8(13-2)9(14-3)10(15-4)11(16-5)17-7;1-10-5-6-7(11-2)8(12-3)9(13-4)14-6;1-9-5-7-6(10-2)4-8(11-3)12-7/h9-12H,7-8H2,1-6H3;8-10H,6-7H2,1-5H3;3*7-11H,6H2,1-5H3;6-9H,5H2,1-4H3;6-8H,4-5H2,1-3H3/t9-,10+,11-,12-;8-,9-,10+,11-;2*7?,8-,9+,10?,11?;7?,8-,9-,10?,11?;6-,7-,8-,9-;6-,7+,8+/m1111010/s1. The Hall–Kier alpha value is -1.56. The maximum Gasteiger partial charge on any atom is 0.221 e. The van der Waals surface area contributed by atoms with Gasteiger partial charge in [0.1, 0.15) is 147 Å². The molecule has 674 valence electrons. The summed E-state index contributed by atoms with van der Waals surface area (Å²) in [7, 11) is 53.1. The zero-order valence-corrected chi connectivity index (χ0v) is 73.2. The summed E-state index contributed by atoms with van der Waals surface area (Å²) in [6.45, 7) is 3.76. The highest BCUT2D eigenvalue weighted by molar-refractivity contribution is 4.99. The highest BCUT2D eigenvalue weighted by Gasteiger charge is 2.57. The van der Waals surface area contributed by atoms with Gasteiger partial charge in [-0.05, 0) is 0 Å². The fourth-order valence-electron chi connectivity index (χ4n) is 13.8. The van der Waals surface area contributed by atoms with E-state index in [0.717, 1.165) is 6.42 Å². The highest BCUT2D eigenvalue weighted by Crippen LogP contribution is 2.37. The molecule has 6 saturated heterocycles. The van der Waals surface area contributed by atoms with Crippen molar-refractivity contribution < 1.29 is 185 Å². The van der Waals surface area contributed by atoms with Gasteiger partial charge in [0.05, 0.1) is 59.0 Å². The second-order valence-corrected chi connectivity index (χ2v) is 25.2. The summed E-state index contributed by atoms with van der Waals surface area (Å²) in [4.78, 5) is 0. The quantitative estimate of drug-likeness (QED) is 0.0820. The first-order chi connectivity index (χ1) is 54.1. The normalized spacial score (nSPS) is 34.6. The molecule has 30 atom stereocenters. The Morgan fingerprint density at radius 3 is 0.759 bits per heavy atom. The number of hydrogen-bond acceptors (Lipinski definition) is 39. The highest BCUT2D eigenvalue weighted by atomic mass is 16.8. The minimum absolute atomic E-state index is 0.00458. The number of rotatable bonds is 45. The summed E-state index contributed by atoms with van der Waals surface area (Å²) in [5, 5.41) is 0. The van der Waals surface area contributed by atoms with Crippen LogP contribution in [0.15, 0.2) is 0 Å². The van der Waals surface area contributed by atoms with Crippen LogP contribution in [0.1, 0.15) is 6.42 Å². The molecule has 0 aromatic carbocycles. The molecule has 6 heterocycles. The maximum atomic E-state index is 5.86. The molecule has 0 amide bonds. The monoisotopic (exact) mass is 1650 g/mol. The predicted octanol–water partition coefficient (Wildman–Crippen LogP) is 0.980. The lowest BCUT2D eigenvalue weighted by atomic mass is 9.98. The Morgan fingerprint density at radius 1 is 0.250 bits per heavy atom. The van der Waals surface area contributed by atoms with Crippen LogP contribution in [0.25, 0.3) is 0 Å². The molecule has 0 saturated carbocycles. The fourth-order valence-corrected chi connectivity index (χ4v) is 13.8. The Bertz CT molecular complexity index is 1990. The lowest BCUT2D eigenvalue weighted by molar-refractivity contribution is -0.307. The lowest BCUT2D eigenvalue weighted by Crippen LogP contribution is -2.61. The van der Waals surface area contributed by atoms with Crippen molar-refractivity contribution in [2.45, 2.75) is 190 Å². The van der Waals surface area contributed by atoms with E-state index >= 15 is 0 Å². The first-order valence-electron chi connectivity index (χ1n) is 36.2. The van der Waals surface area contributed by atoms with Crippen molar-refractivity contribution in [1.29, 1.82) is 0 Å². The minimum atomic E-state index is -0.951. The van der Waals surface area contributed by atoms with Crippen LogP contribution in [0.4, 0.5) is 0 Å². The van der Waals surface area contributed by atoms with E-state index in [1.165, 1.54) is 0 Å². The largest absolute Gasteiger partial charge is 0.382 e. The van der Waals surface area contributed by atoms with E-state index in [1.54, 1.807) is 235 Å². The molecule has 0 bridgehead atoms. The van der Waals surface area contributed by atoms with E-state index in [1.807, 2.05) is 0 Å². The van der Waals surface area contributed by atoms with Gasteiger partial charge in [0.25, 0.3) is 0 Å². The SMILES string of the molecule is COCC1OC(OC)C(OC)[C@@H](OC)[C@@H]1OC.COCC1OC(OC)C(OC)[C@@H](OC)[C@@H]1OC.COCC1OC(OC)C(OC)[C@@H](OC)[C@H]1OC.COC[C@H](OC)[C@@H](OC)[C@H](OC)[C@@H](COC)OC.COC[C@H]1O[C@@H](OC)C[C@@H]1OC.COC[C@H]1O[C@@H](OC)[C@H](OC)[C@@H]1OC.COC[C@H]1O[C@@](COC)(OC)[C@@H](OC)[C@@H]1OC. The number of ether oxygens (including phenoxy) is 39. The third-order valence-corrected chi connectivity index (χ3v) is 19.2. The van der Waals surface area contributed by atoms with Crippen LogP contribution in [0, 0.1) is 0 Å². The molecule has 0 spiro atoms. The Balaban J connectivity index is 0.00000129. The van der Waals surface area contributed by atoms with Gasteiger partial charge in [-0.25, -0.2) is 0 Å². The van der Waals surface area contributed by atoms with Crippen LogP contribution in [0.5, 0.6) is 0 Å². The van der Waals surface area contributed by atoms with E-state index in [0.29, 0.717) is 52.9 Å². The molecular formula is C73H148O39. The average molecular weight is 1650 g/mol.